The van der Waals surface area contributed by atoms with E-state index < -0.39 is 14.1 Å². The van der Waals surface area contributed by atoms with E-state index in [9.17, 15) is 0 Å². The van der Waals surface area contributed by atoms with Gasteiger partial charge in [-0.2, -0.15) is 13.9 Å². The SMILES string of the molecule is C1=CC(CC2CO2)(OP2N=PN=PN2)C(CC2CO2)(CC2CO2)C(CC2CO2)(CC2CO2)C1CC1CO1. The highest BCUT2D eigenvalue weighted by molar-refractivity contribution is 7.63. The molecule has 8 aliphatic rings. The van der Waals surface area contributed by atoms with Crippen molar-refractivity contribution in [1.82, 2.24) is 4.86 Å². The fraction of sp³-hybridized carbons (Fsp3) is 0.917. The Morgan fingerprint density at radius 1 is 0.784 bits per heavy atom. The van der Waals surface area contributed by atoms with E-state index in [2.05, 4.69) is 21.5 Å². The van der Waals surface area contributed by atoms with Crippen molar-refractivity contribution in [3.8, 4) is 0 Å². The molecule has 0 aromatic carbocycles. The maximum absolute atomic E-state index is 7.29. The van der Waals surface area contributed by atoms with Crippen LogP contribution in [-0.2, 0) is 32.9 Å². The quantitative estimate of drug-likeness (QED) is 0.184. The fourth-order valence-corrected chi connectivity index (χ4v) is 10.6. The molecular weight excluding hydrogens is 535 g/mol. The van der Waals surface area contributed by atoms with Crippen LogP contribution in [0.3, 0.4) is 0 Å². The van der Waals surface area contributed by atoms with Gasteiger partial charge in [-0.1, -0.05) is 12.2 Å². The van der Waals surface area contributed by atoms with Crippen LogP contribution < -0.4 is 4.86 Å². The molecule has 202 valence electrons. The molecule has 13 heteroatoms. The molecule has 9 atom stereocenters. The van der Waals surface area contributed by atoms with Crippen LogP contribution in [0.25, 0.3) is 0 Å². The highest BCUT2D eigenvalue weighted by Gasteiger charge is 2.71. The Bertz CT molecular complexity index is 951. The van der Waals surface area contributed by atoms with Crippen molar-refractivity contribution in [2.45, 2.75) is 80.7 Å². The van der Waals surface area contributed by atoms with Gasteiger partial charge in [-0.3, -0.25) is 0 Å². The molecule has 8 rings (SSSR count). The van der Waals surface area contributed by atoms with E-state index in [1.807, 2.05) is 0 Å². The van der Waals surface area contributed by atoms with E-state index in [0.29, 0.717) is 12.0 Å². The Kier molecular flexibility index (Phi) is 6.41. The molecular formula is C24H34N3O7P3. The second-order valence-electron chi connectivity index (χ2n) is 11.9. The van der Waals surface area contributed by atoms with E-state index in [-0.39, 0.29) is 41.3 Å². The lowest BCUT2D eigenvalue weighted by molar-refractivity contribution is -0.172. The van der Waals surface area contributed by atoms with Gasteiger partial charge >= 0.3 is 0 Å². The molecule has 1 aliphatic carbocycles. The predicted octanol–water partition coefficient (Wildman–Crippen LogP) is 4.55. The first kappa shape index (κ1) is 24.8. The number of ether oxygens (including phenoxy) is 6. The third-order valence-electron chi connectivity index (χ3n) is 9.45. The van der Waals surface area contributed by atoms with Crippen LogP contribution in [0.5, 0.6) is 0 Å². The van der Waals surface area contributed by atoms with Crippen LogP contribution in [0.15, 0.2) is 21.2 Å². The third-order valence-corrected chi connectivity index (χ3v) is 12.6. The second kappa shape index (κ2) is 9.56. The van der Waals surface area contributed by atoms with Gasteiger partial charge in [0.25, 0.3) is 8.45 Å². The Hall–Kier alpha value is 0.0500. The number of epoxide rings is 6. The largest absolute Gasteiger partial charge is 0.373 e. The average Bonchev–Trinajstić information content (AvgIpc) is 3.67. The number of nitrogens with zero attached hydrogens (tertiary/aromatic N) is 2. The molecule has 0 aromatic rings. The van der Waals surface area contributed by atoms with E-state index in [1.54, 1.807) is 0 Å². The highest BCUT2D eigenvalue weighted by atomic mass is 31.2. The zero-order chi connectivity index (χ0) is 24.5. The number of allylic oxidation sites excluding steroid dienone is 1. The average molecular weight is 569 g/mol. The monoisotopic (exact) mass is 569 g/mol. The van der Waals surface area contributed by atoms with Gasteiger partial charge in [-0.15, -0.1) is 0 Å². The van der Waals surface area contributed by atoms with Crippen molar-refractivity contribution in [2.75, 3.05) is 39.6 Å². The lowest BCUT2D eigenvalue weighted by Crippen LogP contribution is -2.65. The molecule has 10 nitrogen and oxygen atoms in total. The van der Waals surface area contributed by atoms with Crippen LogP contribution in [0.2, 0.25) is 0 Å². The number of hydrogen-bond donors (Lipinski definition) is 1. The van der Waals surface area contributed by atoms with Crippen LogP contribution in [-0.4, -0.2) is 81.9 Å². The molecule has 0 aromatic heterocycles. The summed E-state index contributed by atoms with van der Waals surface area (Å²) in [6, 6.07) is 0. The van der Waals surface area contributed by atoms with Gasteiger partial charge in [0, 0.05) is 11.8 Å². The van der Waals surface area contributed by atoms with Crippen molar-refractivity contribution < 1.29 is 32.9 Å². The van der Waals surface area contributed by atoms with Crippen molar-refractivity contribution in [3.63, 3.8) is 0 Å². The first-order valence-electron chi connectivity index (χ1n) is 13.6. The number of rotatable bonds is 14. The zero-order valence-electron chi connectivity index (χ0n) is 20.8. The Balaban J connectivity index is 1.30. The highest BCUT2D eigenvalue weighted by Crippen LogP contribution is 2.72. The summed E-state index contributed by atoms with van der Waals surface area (Å²) in [5, 5.41) is 0. The molecule has 6 fully saturated rings. The van der Waals surface area contributed by atoms with Crippen LogP contribution >= 0.6 is 25.5 Å². The Morgan fingerprint density at radius 3 is 1.84 bits per heavy atom. The maximum atomic E-state index is 7.29. The normalized spacial score (nSPS) is 53.1. The second-order valence-corrected chi connectivity index (χ2v) is 15.3. The predicted molar refractivity (Wildman–Crippen MR) is 136 cm³/mol. The van der Waals surface area contributed by atoms with Gasteiger partial charge in [0.05, 0.1) is 76.3 Å². The summed E-state index contributed by atoms with van der Waals surface area (Å²) in [5.41, 5.74) is -0.919. The lowest BCUT2D eigenvalue weighted by atomic mass is 9.42. The van der Waals surface area contributed by atoms with Crippen molar-refractivity contribution >= 4 is 25.5 Å². The third kappa shape index (κ3) is 5.15. The summed E-state index contributed by atoms with van der Waals surface area (Å²) < 4.78 is 52.1. The minimum absolute atomic E-state index is 0.103. The van der Waals surface area contributed by atoms with E-state index in [1.165, 1.54) is 0 Å². The fourth-order valence-electron chi connectivity index (χ4n) is 7.42. The summed E-state index contributed by atoms with van der Waals surface area (Å²) in [6.07, 6.45) is 12.2. The summed E-state index contributed by atoms with van der Waals surface area (Å²) in [4.78, 5) is 3.42. The minimum Gasteiger partial charge on any atom is -0.373 e. The molecule has 9 unspecified atom stereocenters. The summed E-state index contributed by atoms with van der Waals surface area (Å²) in [5.74, 6) is 0.345. The molecule has 6 saturated heterocycles. The van der Waals surface area contributed by atoms with Gasteiger partial charge in [-0.25, -0.2) is 0 Å². The van der Waals surface area contributed by atoms with Crippen LogP contribution in [0.4, 0.5) is 0 Å². The molecule has 0 amide bonds. The standard InChI is InChI=1S/C24H34N3O7P3/c1-2-24(8-21-14-33-21,34-37-26-35-25-36-27-37)23(6-19-12-31-19,7-20-13-32-20)22(4-17-10-29-17,5-18-11-30-18)15(1)3-16-9-28-16/h1-2,15-21H,3-14H2,(H,25,26,27). The minimum atomic E-state index is -1.20. The maximum Gasteiger partial charge on any atom is 0.251 e. The Morgan fingerprint density at radius 2 is 1.32 bits per heavy atom. The molecule has 0 saturated carbocycles. The van der Waals surface area contributed by atoms with Gasteiger partial charge in [0.1, 0.15) is 14.1 Å². The van der Waals surface area contributed by atoms with Crippen molar-refractivity contribution in [2.24, 2.45) is 25.8 Å². The van der Waals surface area contributed by atoms with Crippen molar-refractivity contribution in [1.29, 1.82) is 0 Å². The van der Waals surface area contributed by atoms with E-state index in [0.717, 1.165) is 95.2 Å². The van der Waals surface area contributed by atoms with Gasteiger partial charge in [0.15, 0.2) is 8.52 Å². The number of nitrogens with one attached hydrogen (secondary N) is 1. The van der Waals surface area contributed by atoms with Gasteiger partial charge in [0.2, 0.25) is 0 Å². The molecule has 0 spiro atoms. The van der Waals surface area contributed by atoms with E-state index >= 15 is 0 Å². The zero-order valence-corrected chi connectivity index (χ0v) is 23.5. The molecule has 37 heavy (non-hydrogen) atoms. The first-order valence-corrected chi connectivity index (χ1v) is 16.5. The van der Waals surface area contributed by atoms with Gasteiger partial charge < -0.3 is 32.9 Å². The Labute approximate surface area is 221 Å². The molecule has 0 radical (unpaired) electrons. The smallest absolute Gasteiger partial charge is 0.251 e. The first-order chi connectivity index (χ1) is 18.2. The molecule has 7 heterocycles. The summed E-state index contributed by atoms with van der Waals surface area (Å²) >= 11 is 0. The molecule has 7 aliphatic heterocycles. The summed E-state index contributed by atoms with van der Waals surface area (Å²) in [7, 11) is 0.361. The number of hydrogen-bond acceptors (Lipinski definition) is 10. The molecule has 1 N–H and O–H groups in total. The lowest BCUT2D eigenvalue weighted by Gasteiger charge is -2.64. The van der Waals surface area contributed by atoms with Gasteiger partial charge in [-0.05, 0) is 43.4 Å². The topological polar surface area (TPSA) is 121 Å². The summed E-state index contributed by atoms with van der Waals surface area (Å²) in [6.45, 7) is 4.94. The van der Waals surface area contributed by atoms with Crippen molar-refractivity contribution in [3.05, 3.63) is 12.2 Å². The molecule has 0 bridgehead atoms. The van der Waals surface area contributed by atoms with Crippen LogP contribution in [0, 0.1) is 16.7 Å². The van der Waals surface area contributed by atoms with E-state index in [4.69, 9.17) is 37.5 Å². The van der Waals surface area contributed by atoms with Crippen LogP contribution in [0.1, 0.15) is 38.5 Å².